The minimum Gasteiger partial charge on any atom is -0.352 e. The Kier molecular flexibility index (Phi) is 13.7. The standard InChI is InChI=1S/C34H56N4O/c39-33(29-22-16-10-7-11-17-23-29)35-26-30-27-36-34(37-31-24-18-12-5-2-6-13-19-25-31)38-32(30)28-20-14-8-3-1-4-9-15-21-28/h14,20,27-29,31H,1-13,15-19,21-26H2,(H,35,39)(H,36,37,38)/b20-14+. The van der Waals surface area contributed by atoms with Crippen molar-refractivity contribution in [1.29, 1.82) is 0 Å². The number of aromatic nitrogens is 2. The normalized spacial score (nSPS) is 24.6. The van der Waals surface area contributed by atoms with Crippen LogP contribution in [-0.4, -0.2) is 21.9 Å². The van der Waals surface area contributed by atoms with E-state index in [0.29, 0.717) is 18.5 Å². The molecule has 4 rings (SSSR count). The molecule has 218 valence electrons. The van der Waals surface area contributed by atoms with Crippen molar-refractivity contribution in [3.8, 4) is 0 Å². The average Bonchev–Trinajstić information content (AvgIpc) is 2.94. The van der Waals surface area contributed by atoms with Gasteiger partial charge < -0.3 is 10.6 Å². The van der Waals surface area contributed by atoms with Crippen molar-refractivity contribution >= 4 is 11.9 Å². The van der Waals surface area contributed by atoms with Crippen molar-refractivity contribution in [2.75, 3.05) is 5.32 Å². The van der Waals surface area contributed by atoms with Gasteiger partial charge in [-0.15, -0.1) is 0 Å². The molecule has 0 aliphatic heterocycles. The molecular weight excluding hydrogens is 480 g/mol. The number of carbonyl (C=O) groups is 1. The second kappa shape index (κ2) is 17.7. The lowest BCUT2D eigenvalue weighted by molar-refractivity contribution is -0.125. The van der Waals surface area contributed by atoms with E-state index in [4.69, 9.17) is 9.97 Å². The Morgan fingerprint density at radius 2 is 1.28 bits per heavy atom. The Balaban J connectivity index is 1.49. The number of anilines is 1. The number of hydrogen-bond donors (Lipinski definition) is 2. The molecule has 3 aliphatic rings. The van der Waals surface area contributed by atoms with E-state index in [1.165, 1.54) is 122 Å². The number of nitrogens with zero attached hydrogens (tertiary/aromatic N) is 2. The summed E-state index contributed by atoms with van der Waals surface area (Å²) >= 11 is 0. The molecule has 5 heteroatoms. The van der Waals surface area contributed by atoms with E-state index in [2.05, 4.69) is 22.8 Å². The second-order valence-corrected chi connectivity index (χ2v) is 12.6. The van der Waals surface area contributed by atoms with E-state index in [9.17, 15) is 4.79 Å². The third-order valence-corrected chi connectivity index (χ3v) is 9.37. The second-order valence-electron chi connectivity index (χ2n) is 12.6. The van der Waals surface area contributed by atoms with Gasteiger partial charge in [0.05, 0.1) is 5.69 Å². The van der Waals surface area contributed by atoms with E-state index >= 15 is 0 Å². The van der Waals surface area contributed by atoms with Gasteiger partial charge >= 0.3 is 0 Å². The highest BCUT2D eigenvalue weighted by Crippen LogP contribution is 2.29. The molecule has 2 N–H and O–H groups in total. The lowest BCUT2D eigenvalue weighted by atomic mass is 9.90. The molecule has 2 saturated carbocycles. The fourth-order valence-electron chi connectivity index (χ4n) is 6.87. The number of hydrogen-bond acceptors (Lipinski definition) is 4. The van der Waals surface area contributed by atoms with Crippen LogP contribution < -0.4 is 10.6 Å². The first-order valence-electron chi connectivity index (χ1n) is 16.9. The fourth-order valence-corrected chi connectivity index (χ4v) is 6.87. The van der Waals surface area contributed by atoms with E-state index in [-0.39, 0.29) is 11.8 Å². The summed E-state index contributed by atoms with van der Waals surface area (Å²) in [6.45, 7) is 0.540. The first kappa shape index (κ1) is 30.1. The molecule has 3 aliphatic carbocycles. The maximum atomic E-state index is 13.2. The summed E-state index contributed by atoms with van der Waals surface area (Å²) in [7, 11) is 0. The SMILES string of the molecule is O=C(NCc1cnc(NC2CCCCCCCCC2)nc1C1/C=C/CCCCCCC1)C1CCCCCCC1. The van der Waals surface area contributed by atoms with Gasteiger partial charge in [0, 0.05) is 36.2 Å². The van der Waals surface area contributed by atoms with Crippen LogP contribution in [0.3, 0.4) is 0 Å². The quantitative estimate of drug-likeness (QED) is 0.356. The van der Waals surface area contributed by atoms with Crippen LogP contribution in [0.2, 0.25) is 0 Å². The van der Waals surface area contributed by atoms with Crippen LogP contribution >= 0.6 is 0 Å². The van der Waals surface area contributed by atoms with Gasteiger partial charge in [-0.3, -0.25) is 4.79 Å². The average molecular weight is 537 g/mol. The Bertz CT molecular complexity index is 851. The Morgan fingerprint density at radius 3 is 1.95 bits per heavy atom. The van der Waals surface area contributed by atoms with Gasteiger partial charge in [-0.2, -0.15) is 0 Å². The lowest BCUT2D eigenvalue weighted by Gasteiger charge is -2.23. The highest BCUT2D eigenvalue weighted by Gasteiger charge is 2.22. The molecule has 1 unspecified atom stereocenters. The number of carbonyl (C=O) groups excluding carboxylic acids is 1. The van der Waals surface area contributed by atoms with Crippen LogP contribution in [0.25, 0.3) is 0 Å². The summed E-state index contributed by atoms with van der Waals surface area (Å²) in [6.07, 6.45) is 35.7. The van der Waals surface area contributed by atoms with Crippen molar-refractivity contribution in [3.63, 3.8) is 0 Å². The smallest absolute Gasteiger partial charge is 0.223 e. The van der Waals surface area contributed by atoms with Crippen LogP contribution in [0.4, 0.5) is 5.95 Å². The molecule has 0 spiro atoms. The van der Waals surface area contributed by atoms with Crippen LogP contribution in [0, 0.1) is 5.92 Å². The first-order chi connectivity index (χ1) is 19.3. The third kappa shape index (κ3) is 10.9. The minimum absolute atomic E-state index is 0.164. The molecule has 5 nitrogen and oxygen atoms in total. The number of allylic oxidation sites excluding steroid dienone is 2. The number of amides is 1. The first-order valence-corrected chi connectivity index (χ1v) is 16.9. The van der Waals surface area contributed by atoms with Gasteiger partial charge in [-0.05, 0) is 44.9 Å². The van der Waals surface area contributed by atoms with Gasteiger partial charge in [0.2, 0.25) is 11.9 Å². The summed E-state index contributed by atoms with van der Waals surface area (Å²) < 4.78 is 0. The largest absolute Gasteiger partial charge is 0.352 e. The van der Waals surface area contributed by atoms with Crippen LogP contribution in [-0.2, 0) is 11.3 Å². The molecule has 1 aromatic heterocycles. The Morgan fingerprint density at radius 1 is 0.718 bits per heavy atom. The lowest BCUT2D eigenvalue weighted by Crippen LogP contribution is -2.31. The molecule has 1 heterocycles. The molecule has 0 saturated heterocycles. The van der Waals surface area contributed by atoms with Crippen molar-refractivity contribution in [3.05, 3.63) is 29.6 Å². The zero-order valence-electron chi connectivity index (χ0n) is 24.7. The summed E-state index contributed by atoms with van der Waals surface area (Å²) in [5, 5.41) is 7.06. The highest BCUT2D eigenvalue weighted by atomic mass is 16.1. The minimum atomic E-state index is 0.164. The van der Waals surface area contributed by atoms with E-state index in [1.807, 2.05) is 6.20 Å². The van der Waals surface area contributed by atoms with Gasteiger partial charge in [0.15, 0.2) is 0 Å². The molecule has 39 heavy (non-hydrogen) atoms. The van der Waals surface area contributed by atoms with Gasteiger partial charge in [0.1, 0.15) is 0 Å². The van der Waals surface area contributed by atoms with Crippen LogP contribution in [0.1, 0.15) is 165 Å². The third-order valence-electron chi connectivity index (χ3n) is 9.37. The molecule has 0 radical (unpaired) electrons. The fraction of sp³-hybridized carbons (Fsp3) is 0.794. The summed E-state index contributed by atoms with van der Waals surface area (Å²) in [5.41, 5.74) is 2.22. The Labute approximate surface area is 238 Å². The topological polar surface area (TPSA) is 66.9 Å². The molecule has 0 aromatic carbocycles. The Hall–Kier alpha value is -1.91. The molecule has 1 amide bonds. The molecule has 1 aromatic rings. The maximum absolute atomic E-state index is 13.2. The van der Waals surface area contributed by atoms with Crippen molar-refractivity contribution in [2.24, 2.45) is 5.92 Å². The van der Waals surface area contributed by atoms with Gasteiger partial charge in [0.25, 0.3) is 0 Å². The molecule has 1 atom stereocenters. The highest BCUT2D eigenvalue weighted by molar-refractivity contribution is 5.78. The van der Waals surface area contributed by atoms with Crippen molar-refractivity contribution < 1.29 is 4.79 Å². The zero-order chi connectivity index (χ0) is 27.0. The number of rotatable bonds is 6. The van der Waals surface area contributed by atoms with E-state index < -0.39 is 0 Å². The van der Waals surface area contributed by atoms with Crippen molar-refractivity contribution in [1.82, 2.24) is 15.3 Å². The predicted octanol–water partition coefficient (Wildman–Crippen LogP) is 9.14. The zero-order valence-corrected chi connectivity index (χ0v) is 24.7. The number of nitrogens with one attached hydrogen (secondary N) is 2. The predicted molar refractivity (Wildman–Crippen MR) is 163 cm³/mol. The van der Waals surface area contributed by atoms with Crippen molar-refractivity contribution in [2.45, 2.75) is 166 Å². The van der Waals surface area contributed by atoms with E-state index in [1.54, 1.807) is 0 Å². The molecule has 2 fully saturated rings. The summed E-state index contributed by atoms with van der Waals surface area (Å²) in [6, 6.07) is 0.459. The molecule has 0 bridgehead atoms. The molecular formula is C34H56N4O. The van der Waals surface area contributed by atoms with Crippen LogP contribution in [0.15, 0.2) is 18.3 Å². The summed E-state index contributed by atoms with van der Waals surface area (Å²) in [5.74, 6) is 1.47. The maximum Gasteiger partial charge on any atom is 0.223 e. The van der Waals surface area contributed by atoms with Gasteiger partial charge in [-0.1, -0.05) is 115 Å². The van der Waals surface area contributed by atoms with Gasteiger partial charge in [-0.25, -0.2) is 9.97 Å². The van der Waals surface area contributed by atoms with Crippen LogP contribution in [0.5, 0.6) is 0 Å². The summed E-state index contributed by atoms with van der Waals surface area (Å²) in [4.78, 5) is 23.2. The monoisotopic (exact) mass is 536 g/mol. The van der Waals surface area contributed by atoms with E-state index in [0.717, 1.165) is 42.9 Å².